The van der Waals surface area contributed by atoms with Gasteiger partial charge < -0.3 is 10.1 Å². The van der Waals surface area contributed by atoms with Gasteiger partial charge in [0.1, 0.15) is 11.9 Å². The number of nitrogens with zero attached hydrogens (tertiary/aromatic N) is 1. The normalized spacial score (nSPS) is 24.1. The molecule has 0 bridgehead atoms. The van der Waals surface area contributed by atoms with E-state index in [2.05, 4.69) is 5.32 Å². The first kappa shape index (κ1) is 18.8. The molecule has 2 aliphatic rings. The molecule has 2 atom stereocenters. The highest BCUT2D eigenvalue weighted by molar-refractivity contribution is 7.89. The molecule has 1 N–H and O–H groups in total. The maximum absolute atomic E-state index is 13.0. The van der Waals surface area contributed by atoms with Crippen LogP contribution in [0.2, 0.25) is 5.02 Å². The van der Waals surface area contributed by atoms with Crippen molar-refractivity contribution in [3.8, 4) is 5.75 Å². The van der Waals surface area contributed by atoms with Gasteiger partial charge in [-0.05, 0) is 38.9 Å². The maximum Gasteiger partial charge on any atom is 0.243 e. The van der Waals surface area contributed by atoms with Crippen LogP contribution in [0.4, 0.5) is 0 Å². The van der Waals surface area contributed by atoms with Gasteiger partial charge in [-0.25, -0.2) is 8.42 Å². The van der Waals surface area contributed by atoms with Gasteiger partial charge >= 0.3 is 0 Å². The number of benzene rings is 1. The van der Waals surface area contributed by atoms with Crippen LogP contribution in [0.25, 0.3) is 0 Å². The molecule has 0 saturated carbocycles. The Balaban J connectivity index is 0.00000192. The van der Waals surface area contributed by atoms with Crippen LogP contribution in [-0.2, 0) is 16.4 Å². The zero-order valence-corrected chi connectivity index (χ0v) is 15.6. The lowest BCUT2D eigenvalue weighted by Gasteiger charge is -2.24. The predicted molar refractivity (Wildman–Crippen MR) is 93.3 cm³/mol. The SMILES string of the molecule is CNCC1CCCN1S(=O)(=O)c1cc(Cl)c2c(c1)CC(C)O2.Cl. The Labute approximate surface area is 148 Å². The first-order valence-corrected chi connectivity index (χ1v) is 9.41. The third-order valence-electron chi connectivity index (χ3n) is 4.29. The van der Waals surface area contributed by atoms with Gasteiger partial charge in [0.05, 0.1) is 9.92 Å². The molecule has 130 valence electrons. The van der Waals surface area contributed by atoms with Crippen LogP contribution in [0.5, 0.6) is 5.75 Å². The smallest absolute Gasteiger partial charge is 0.243 e. The highest BCUT2D eigenvalue weighted by atomic mass is 35.5. The van der Waals surface area contributed by atoms with E-state index in [9.17, 15) is 8.42 Å². The predicted octanol–water partition coefficient (Wildman–Crippen LogP) is 2.46. The Bertz CT molecular complexity index is 682. The molecule has 0 spiro atoms. The molecule has 3 rings (SSSR count). The number of sulfonamides is 1. The number of nitrogens with one attached hydrogen (secondary N) is 1. The molecule has 2 unspecified atom stereocenters. The van der Waals surface area contributed by atoms with E-state index >= 15 is 0 Å². The molecule has 0 aliphatic carbocycles. The summed E-state index contributed by atoms with van der Waals surface area (Å²) in [5.41, 5.74) is 0.878. The van der Waals surface area contributed by atoms with Gasteiger partial charge in [0, 0.05) is 31.1 Å². The molecule has 23 heavy (non-hydrogen) atoms. The zero-order valence-electron chi connectivity index (χ0n) is 13.2. The van der Waals surface area contributed by atoms with E-state index in [4.69, 9.17) is 16.3 Å². The Hall–Kier alpha value is -0.530. The van der Waals surface area contributed by atoms with Crippen molar-refractivity contribution in [2.24, 2.45) is 0 Å². The molecule has 2 heterocycles. The largest absolute Gasteiger partial charge is 0.489 e. The van der Waals surface area contributed by atoms with Crippen molar-refractivity contribution < 1.29 is 13.2 Å². The topological polar surface area (TPSA) is 58.6 Å². The summed E-state index contributed by atoms with van der Waals surface area (Å²) in [5.74, 6) is 0.626. The van der Waals surface area contributed by atoms with Crippen LogP contribution in [0.3, 0.4) is 0 Å². The minimum Gasteiger partial charge on any atom is -0.489 e. The van der Waals surface area contributed by atoms with Gasteiger partial charge in [0.2, 0.25) is 10.0 Å². The second kappa shape index (κ2) is 7.15. The molecule has 1 saturated heterocycles. The van der Waals surface area contributed by atoms with Gasteiger partial charge in [0.25, 0.3) is 0 Å². The van der Waals surface area contributed by atoms with Gasteiger partial charge in [-0.2, -0.15) is 4.31 Å². The fourth-order valence-electron chi connectivity index (χ4n) is 3.31. The maximum atomic E-state index is 13.0. The van der Waals surface area contributed by atoms with Crippen molar-refractivity contribution in [1.82, 2.24) is 9.62 Å². The summed E-state index contributed by atoms with van der Waals surface area (Å²) >= 11 is 6.23. The molecule has 0 radical (unpaired) electrons. The Morgan fingerprint density at radius 3 is 2.87 bits per heavy atom. The average Bonchev–Trinajstić information content (AvgIpc) is 3.05. The van der Waals surface area contributed by atoms with Crippen molar-refractivity contribution in [2.45, 2.75) is 43.2 Å². The van der Waals surface area contributed by atoms with Crippen molar-refractivity contribution in [3.63, 3.8) is 0 Å². The fourth-order valence-corrected chi connectivity index (χ4v) is 5.43. The lowest BCUT2D eigenvalue weighted by Crippen LogP contribution is -2.40. The quantitative estimate of drug-likeness (QED) is 0.871. The third kappa shape index (κ3) is 3.46. The van der Waals surface area contributed by atoms with E-state index in [0.717, 1.165) is 18.4 Å². The molecule has 1 fully saturated rings. The molecule has 1 aromatic rings. The highest BCUT2D eigenvalue weighted by Gasteiger charge is 2.36. The Kier molecular flexibility index (Phi) is 5.85. The number of ether oxygens (including phenoxy) is 1. The van der Waals surface area contributed by atoms with E-state index in [1.165, 1.54) is 6.07 Å². The van der Waals surface area contributed by atoms with Gasteiger partial charge in [-0.3, -0.25) is 0 Å². The summed E-state index contributed by atoms with van der Waals surface area (Å²) in [6.45, 7) is 3.18. The molecule has 1 aromatic carbocycles. The van der Waals surface area contributed by atoms with E-state index in [-0.39, 0.29) is 29.4 Å². The van der Waals surface area contributed by atoms with E-state index < -0.39 is 10.0 Å². The van der Waals surface area contributed by atoms with Crippen molar-refractivity contribution in [1.29, 1.82) is 0 Å². The molecule has 8 heteroatoms. The van der Waals surface area contributed by atoms with E-state index in [1.807, 2.05) is 14.0 Å². The first-order valence-electron chi connectivity index (χ1n) is 7.59. The summed E-state index contributed by atoms with van der Waals surface area (Å²) in [6.07, 6.45) is 2.51. The summed E-state index contributed by atoms with van der Waals surface area (Å²) in [4.78, 5) is 0.275. The van der Waals surface area contributed by atoms with Crippen LogP contribution in [0.1, 0.15) is 25.3 Å². The second-order valence-electron chi connectivity index (χ2n) is 6.00. The molecule has 0 aromatic heterocycles. The molecule has 5 nitrogen and oxygen atoms in total. The highest BCUT2D eigenvalue weighted by Crippen LogP contribution is 2.39. The average molecular weight is 381 g/mol. The monoisotopic (exact) mass is 380 g/mol. The van der Waals surface area contributed by atoms with Gasteiger partial charge in [0.15, 0.2) is 0 Å². The number of rotatable bonds is 4. The van der Waals surface area contributed by atoms with Crippen LogP contribution >= 0.6 is 24.0 Å². The van der Waals surface area contributed by atoms with Crippen LogP contribution < -0.4 is 10.1 Å². The van der Waals surface area contributed by atoms with Crippen molar-refractivity contribution in [3.05, 3.63) is 22.7 Å². The van der Waals surface area contributed by atoms with Crippen LogP contribution in [0.15, 0.2) is 17.0 Å². The first-order chi connectivity index (χ1) is 10.4. The standard InChI is InChI=1S/C15H21ClN2O3S.ClH/c1-10-6-11-7-13(8-14(16)15(11)21-10)22(19,20)18-5-3-4-12(18)9-17-2;/h7-8,10,12,17H,3-6,9H2,1-2H3;1H. The Morgan fingerprint density at radius 1 is 1.43 bits per heavy atom. The van der Waals surface area contributed by atoms with Crippen LogP contribution in [0, 0.1) is 0 Å². The van der Waals surface area contributed by atoms with Crippen molar-refractivity contribution in [2.75, 3.05) is 20.1 Å². The lowest BCUT2D eigenvalue weighted by atomic mass is 10.1. The fraction of sp³-hybridized carbons (Fsp3) is 0.600. The molecule has 2 aliphatic heterocycles. The molecular weight excluding hydrogens is 359 g/mol. The minimum absolute atomic E-state index is 0. The summed E-state index contributed by atoms with van der Waals surface area (Å²) in [5, 5.41) is 3.45. The molecular formula is C15H22Cl2N2O3S. The number of likely N-dealkylation sites (N-methyl/N-ethyl adjacent to an activating group) is 1. The van der Waals surface area contributed by atoms with E-state index in [1.54, 1.807) is 10.4 Å². The second-order valence-corrected chi connectivity index (χ2v) is 8.29. The number of fused-ring (bicyclic) bond motifs is 1. The van der Waals surface area contributed by atoms with Crippen molar-refractivity contribution >= 4 is 34.0 Å². The zero-order chi connectivity index (χ0) is 15.9. The summed E-state index contributed by atoms with van der Waals surface area (Å²) < 4.78 is 33.1. The third-order valence-corrected chi connectivity index (χ3v) is 6.50. The summed E-state index contributed by atoms with van der Waals surface area (Å²) in [6, 6.07) is 3.24. The number of hydrogen-bond donors (Lipinski definition) is 1. The van der Waals surface area contributed by atoms with Crippen LogP contribution in [-0.4, -0.2) is 45.0 Å². The number of halogens is 2. The Morgan fingerprint density at radius 2 is 2.17 bits per heavy atom. The number of hydrogen-bond acceptors (Lipinski definition) is 4. The minimum atomic E-state index is -3.52. The summed E-state index contributed by atoms with van der Waals surface area (Å²) in [7, 11) is -1.68. The molecule has 0 amide bonds. The van der Waals surface area contributed by atoms with Gasteiger partial charge in [-0.1, -0.05) is 11.6 Å². The van der Waals surface area contributed by atoms with Gasteiger partial charge in [-0.15, -0.1) is 12.4 Å². The van der Waals surface area contributed by atoms with E-state index in [0.29, 0.717) is 30.3 Å². The lowest BCUT2D eigenvalue weighted by molar-refractivity contribution is 0.255.